The van der Waals surface area contributed by atoms with Gasteiger partial charge in [-0.1, -0.05) is 17.7 Å². The molecule has 4 N–H and O–H groups in total. The number of ether oxygens (including phenoxy) is 1. The first kappa shape index (κ1) is 20.5. The van der Waals surface area contributed by atoms with E-state index in [1.807, 2.05) is 19.1 Å². The Hall–Kier alpha value is -3.71. The highest BCUT2D eigenvalue weighted by Gasteiger charge is 2.47. The molecule has 1 fully saturated rings. The number of carbonyl (C=O) groups excluding carboxylic acids is 1. The number of nitrogens with one attached hydrogen (secondary N) is 2. The second-order valence-corrected chi connectivity index (χ2v) is 8.65. The SMILES string of the molecule is [2H]C([2H])([2H])NC(=O)[C@H]1O[C@@H](n2cnc3c(NCc4ccc(C)cn4)nc(-c4cncc(Cl)c4)nc32)[C@H](O)[C@@H]1O. The lowest BCUT2D eigenvalue weighted by molar-refractivity contribution is -0.137. The van der Waals surface area contributed by atoms with E-state index < -0.39 is 37.4 Å². The summed E-state index contributed by atoms with van der Waals surface area (Å²) in [6.07, 6.45) is -0.223. The van der Waals surface area contributed by atoms with Crippen LogP contribution in [-0.2, 0) is 16.1 Å². The molecule has 0 saturated carbocycles. The predicted molar refractivity (Wildman–Crippen MR) is 130 cm³/mol. The van der Waals surface area contributed by atoms with Crippen molar-refractivity contribution in [2.24, 2.45) is 0 Å². The lowest BCUT2D eigenvalue weighted by Gasteiger charge is -2.17. The number of anilines is 1. The molecule has 0 aliphatic carbocycles. The number of hydrogen-bond donors (Lipinski definition) is 4. The van der Waals surface area contributed by atoms with Crippen molar-refractivity contribution < 1.29 is 23.9 Å². The molecule has 0 aromatic carbocycles. The summed E-state index contributed by atoms with van der Waals surface area (Å²) in [5, 5.41) is 26.6. The van der Waals surface area contributed by atoms with E-state index in [2.05, 4.69) is 30.2 Å². The van der Waals surface area contributed by atoms with Crippen LogP contribution >= 0.6 is 11.6 Å². The van der Waals surface area contributed by atoms with Crippen LogP contribution in [0.1, 0.15) is 21.6 Å². The minimum atomic E-state index is -2.80. The Kier molecular flexibility index (Phi) is 5.54. The van der Waals surface area contributed by atoms with Crippen LogP contribution < -0.4 is 10.6 Å². The molecule has 4 atom stereocenters. The van der Waals surface area contributed by atoms with Gasteiger partial charge in [0.1, 0.15) is 12.2 Å². The van der Waals surface area contributed by atoms with Crippen molar-refractivity contribution in [1.82, 2.24) is 34.8 Å². The highest BCUT2D eigenvalue weighted by Crippen LogP contribution is 2.33. The molecule has 186 valence electrons. The Bertz CT molecular complexity index is 1520. The van der Waals surface area contributed by atoms with Crippen LogP contribution in [0.4, 0.5) is 5.82 Å². The zero-order valence-corrected chi connectivity index (χ0v) is 19.6. The van der Waals surface area contributed by atoms with Crippen molar-refractivity contribution in [2.75, 3.05) is 12.3 Å². The third-order valence-corrected chi connectivity index (χ3v) is 5.89. The molecular weight excluding hydrogens is 488 g/mol. The zero-order chi connectivity index (χ0) is 27.9. The van der Waals surface area contributed by atoms with Gasteiger partial charge in [-0.2, -0.15) is 0 Å². The van der Waals surface area contributed by atoms with Crippen LogP contribution in [0.3, 0.4) is 0 Å². The van der Waals surface area contributed by atoms with E-state index in [0.29, 0.717) is 28.5 Å². The van der Waals surface area contributed by atoms with Gasteiger partial charge in [0.05, 0.1) is 23.6 Å². The minimum absolute atomic E-state index is 0.201. The number of carbonyl (C=O) groups is 1. The normalized spacial score (nSPS) is 23.2. The van der Waals surface area contributed by atoms with Crippen LogP contribution in [0.15, 0.2) is 43.1 Å². The Morgan fingerprint density at radius 3 is 2.83 bits per heavy atom. The van der Waals surface area contributed by atoms with Crippen LogP contribution in [0.5, 0.6) is 0 Å². The van der Waals surface area contributed by atoms with E-state index >= 15 is 0 Å². The average Bonchev–Trinajstić information content (AvgIpc) is 3.43. The number of halogens is 1. The van der Waals surface area contributed by atoms with Gasteiger partial charge in [-0.15, -0.1) is 0 Å². The van der Waals surface area contributed by atoms with Gasteiger partial charge in [-0.25, -0.2) is 15.0 Å². The molecule has 13 heteroatoms. The molecule has 0 spiro atoms. The van der Waals surface area contributed by atoms with Crippen LogP contribution in [0, 0.1) is 6.92 Å². The van der Waals surface area contributed by atoms with Crippen molar-refractivity contribution in [3.05, 3.63) is 59.4 Å². The first-order chi connectivity index (χ1) is 18.5. The second kappa shape index (κ2) is 9.74. The highest BCUT2D eigenvalue weighted by atomic mass is 35.5. The number of aromatic nitrogens is 6. The first-order valence-corrected chi connectivity index (χ1v) is 11.2. The fourth-order valence-electron chi connectivity index (χ4n) is 3.84. The molecule has 5 heterocycles. The lowest BCUT2D eigenvalue weighted by atomic mass is 10.1. The summed E-state index contributed by atoms with van der Waals surface area (Å²) in [6.45, 7) is -0.556. The number of imidazole rings is 1. The zero-order valence-electron chi connectivity index (χ0n) is 21.8. The molecule has 5 rings (SSSR count). The first-order valence-electron chi connectivity index (χ1n) is 12.3. The van der Waals surface area contributed by atoms with E-state index in [-0.39, 0.29) is 11.5 Å². The number of amides is 1. The molecule has 4 aromatic rings. The van der Waals surface area contributed by atoms with Crippen molar-refractivity contribution in [2.45, 2.75) is 38.0 Å². The maximum Gasteiger partial charge on any atom is 0.251 e. The Balaban J connectivity index is 1.53. The molecule has 1 amide bonds. The number of likely N-dealkylation sites (N-methyl/N-ethyl adjacent to an activating group) is 1. The number of aryl methyl sites for hydroxylation is 1. The number of hydrogen-bond acceptors (Lipinski definition) is 10. The minimum Gasteiger partial charge on any atom is -0.387 e. The molecule has 1 aliphatic heterocycles. The van der Waals surface area contributed by atoms with E-state index in [0.717, 1.165) is 11.3 Å². The Labute approximate surface area is 214 Å². The van der Waals surface area contributed by atoms with Gasteiger partial charge < -0.3 is 25.6 Å². The molecule has 4 aromatic heterocycles. The van der Waals surface area contributed by atoms with Crippen molar-refractivity contribution >= 4 is 34.5 Å². The van der Waals surface area contributed by atoms with Crippen molar-refractivity contribution in [3.63, 3.8) is 0 Å². The third kappa shape index (κ3) is 4.46. The quantitative estimate of drug-likeness (QED) is 0.295. The summed E-state index contributed by atoms with van der Waals surface area (Å²) in [6, 6.07) is 5.43. The largest absolute Gasteiger partial charge is 0.387 e. The van der Waals surface area contributed by atoms with Crippen molar-refractivity contribution in [1.29, 1.82) is 0 Å². The topological polar surface area (TPSA) is 160 Å². The number of nitrogens with zero attached hydrogens (tertiary/aromatic N) is 6. The van der Waals surface area contributed by atoms with E-state index in [9.17, 15) is 15.0 Å². The number of aliphatic hydroxyl groups is 2. The maximum atomic E-state index is 12.4. The van der Waals surface area contributed by atoms with Crippen LogP contribution in [0.25, 0.3) is 22.6 Å². The third-order valence-electron chi connectivity index (χ3n) is 5.69. The van der Waals surface area contributed by atoms with Gasteiger partial charge in [-0.3, -0.25) is 19.3 Å². The van der Waals surface area contributed by atoms with E-state index in [4.69, 9.17) is 20.5 Å². The van der Waals surface area contributed by atoms with Crippen LogP contribution in [0.2, 0.25) is 5.02 Å². The number of aliphatic hydroxyl groups excluding tert-OH is 2. The van der Waals surface area contributed by atoms with Gasteiger partial charge in [0, 0.05) is 35.2 Å². The lowest BCUT2D eigenvalue weighted by Crippen LogP contribution is -2.41. The molecule has 1 aliphatic rings. The maximum absolute atomic E-state index is 12.4. The number of pyridine rings is 2. The summed E-state index contributed by atoms with van der Waals surface area (Å²) in [5.74, 6) is -0.536. The molecule has 0 bridgehead atoms. The van der Waals surface area contributed by atoms with Gasteiger partial charge >= 0.3 is 0 Å². The standard InChI is InChI=1S/C23H23ClN8O4/c1-11-3-4-14(27-6-11)9-28-20-15-21(31-19(30-20)12-5-13(24)8-26-7-12)32(10-29-15)23-17(34)16(33)18(36-23)22(35)25-2/h3-8,10,16-18,23,33-34H,9H2,1-2H3,(H,25,35)(H,28,30,31)/t16-,17+,18-,23+/m0/s1/i2D3. The molecule has 0 unspecified atom stereocenters. The second-order valence-electron chi connectivity index (χ2n) is 8.21. The molecule has 0 radical (unpaired) electrons. The number of fused-ring (bicyclic) bond motifs is 1. The van der Waals surface area contributed by atoms with Crippen molar-refractivity contribution in [3.8, 4) is 11.4 Å². The van der Waals surface area contributed by atoms with Gasteiger partial charge in [0.25, 0.3) is 5.91 Å². The summed E-state index contributed by atoms with van der Waals surface area (Å²) in [5.41, 5.74) is 2.77. The molecule has 12 nitrogen and oxygen atoms in total. The monoisotopic (exact) mass is 513 g/mol. The summed E-state index contributed by atoms with van der Waals surface area (Å²) in [7, 11) is 0. The number of rotatable bonds is 6. The van der Waals surface area contributed by atoms with Gasteiger partial charge in [0.15, 0.2) is 35.1 Å². The van der Waals surface area contributed by atoms with Crippen LogP contribution in [-0.4, -0.2) is 70.9 Å². The average molecular weight is 514 g/mol. The smallest absolute Gasteiger partial charge is 0.251 e. The highest BCUT2D eigenvalue weighted by molar-refractivity contribution is 6.30. The summed E-state index contributed by atoms with van der Waals surface area (Å²) >= 11 is 6.13. The molecule has 36 heavy (non-hydrogen) atoms. The fraction of sp³-hybridized carbons (Fsp3) is 0.304. The van der Waals surface area contributed by atoms with E-state index in [1.54, 1.807) is 17.6 Å². The fourth-order valence-corrected chi connectivity index (χ4v) is 4.02. The summed E-state index contributed by atoms with van der Waals surface area (Å²) in [4.78, 5) is 34.4. The van der Waals surface area contributed by atoms with Gasteiger partial charge in [0.2, 0.25) is 0 Å². The Morgan fingerprint density at radius 2 is 2.08 bits per heavy atom. The summed E-state index contributed by atoms with van der Waals surface area (Å²) < 4.78 is 28.7. The van der Waals surface area contributed by atoms with Gasteiger partial charge in [-0.05, 0) is 24.6 Å². The molecule has 1 saturated heterocycles. The predicted octanol–water partition coefficient (Wildman–Crippen LogP) is 1.22. The van der Waals surface area contributed by atoms with E-state index in [1.165, 1.54) is 23.3 Å². The molecular formula is C23H23ClN8O4. The Morgan fingerprint density at radius 1 is 1.22 bits per heavy atom.